The molecule has 33 heavy (non-hydrogen) atoms. The van der Waals surface area contributed by atoms with Crippen LogP contribution in [-0.2, 0) is 20.9 Å². The van der Waals surface area contributed by atoms with Crippen LogP contribution in [0.2, 0.25) is 0 Å². The van der Waals surface area contributed by atoms with Crippen molar-refractivity contribution in [2.24, 2.45) is 0 Å². The molecule has 9 heteroatoms. The number of hydrogen-bond acceptors (Lipinski definition) is 6. The van der Waals surface area contributed by atoms with Crippen LogP contribution in [0.15, 0.2) is 77.6 Å². The Kier molecular flexibility index (Phi) is 5.86. The number of para-hydroxylation sites is 2. The fourth-order valence-corrected chi connectivity index (χ4v) is 3.57. The third-order valence-corrected chi connectivity index (χ3v) is 5.19. The zero-order chi connectivity index (χ0) is 23.5. The Morgan fingerprint density at radius 1 is 0.970 bits per heavy atom. The molecular weight excluding hydrogens is 426 g/mol. The SMILES string of the molecule is CC(OC(=O)Cn1c2ccccc2c(=O)c2ccccc21)C(=O)Nc1ccc([N+](=O)[O-])cc1. The van der Waals surface area contributed by atoms with Gasteiger partial charge in [0.2, 0.25) is 0 Å². The molecule has 166 valence electrons. The smallest absolute Gasteiger partial charge is 0.326 e. The maximum absolute atomic E-state index is 12.8. The summed E-state index contributed by atoms with van der Waals surface area (Å²) in [4.78, 5) is 48.1. The summed E-state index contributed by atoms with van der Waals surface area (Å²) in [7, 11) is 0. The summed E-state index contributed by atoms with van der Waals surface area (Å²) < 4.78 is 7.01. The van der Waals surface area contributed by atoms with E-state index in [-0.39, 0.29) is 17.7 Å². The standard InChI is InChI=1S/C24H19N3O6/c1-15(24(30)25-16-10-12-17(13-11-16)27(31)32)33-22(28)14-26-20-8-4-2-6-18(20)23(29)19-7-3-5-9-21(19)26/h2-13,15H,14H2,1H3,(H,25,30). The van der Waals surface area contributed by atoms with E-state index in [2.05, 4.69) is 5.32 Å². The molecule has 0 bridgehead atoms. The average molecular weight is 445 g/mol. The highest BCUT2D eigenvalue weighted by Gasteiger charge is 2.20. The zero-order valence-electron chi connectivity index (χ0n) is 17.6. The minimum absolute atomic E-state index is 0.104. The highest BCUT2D eigenvalue weighted by atomic mass is 16.6. The Morgan fingerprint density at radius 3 is 2.06 bits per heavy atom. The minimum atomic E-state index is -1.11. The Balaban J connectivity index is 1.52. The lowest BCUT2D eigenvalue weighted by Gasteiger charge is -2.17. The van der Waals surface area contributed by atoms with Crippen molar-refractivity contribution in [3.05, 3.63) is 93.1 Å². The van der Waals surface area contributed by atoms with Crippen LogP contribution in [0, 0.1) is 10.1 Å². The van der Waals surface area contributed by atoms with Crippen LogP contribution in [0.4, 0.5) is 11.4 Å². The molecule has 0 fully saturated rings. The van der Waals surface area contributed by atoms with Crippen LogP contribution in [0.5, 0.6) is 0 Å². The van der Waals surface area contributed by atoms with E-state index < -0.39 is 22.9 Å². The second-order valence-electron chi connectivity index (χ2n) is 7.37. The van der Waals surface area contributed by atoms with Crippen molar-refractivity contribution >= 4 is 45.1 Å². The number of anilines is 1. The van der Waals surface area contributed by atoms with Gasteiger partial charge in [-0.15, -0.1) is 0 Å². The predicted octanol–water partition coefficient (Wildman–Crippen LogP) is 3.63. The number of rotatable bonds is 6. The second-order valence-corrected chi connectivity index (χ2v) is 7.37. The molecule has 1 unspecified atom stereocenters. The zero-order valence-corrected chi connectivity index (χ0v) is 17.6. The molecule has 0 saturated carbocycles. The molecule has 1 atom stereocenters. The molecule has 0 saturated heterocycles. The number of ether oxygens (including phenoxy) is 1. The van der Waals surface area contributed by atoms with Gasteiger partial charge in [0.15, 0.2) is 11.5 Å². The van der Waals surface area contributed by atoms with Crippen LogP contribution < -0.4 is 10.7 Å². The number of nitrogens with one attached hydrogen (secondary N) is 1. The van der Waals surface area contributed by atoms with Crippen molar-refractivity contribution in [2.75, 3.05) is 5.32 Å². The first-order chi connectivity index (χ1) is 15.8. The largest absolute Gasteiger partial charge is 0.451 e. The van der Waals surface area contributed by atoms with Crippen LogP contribution in [0.3, 0.4) is 0 Å². The van der Waals surface area contributed by atoms with Gasteiger partial charge in [-0.3, -0.25) is 24.5 Å². The van der Waals surface area contributed by atoms with Gasteiger partial charge < -0.3 is 14.6 Å². The van der Waals surface area contributed by atoms with Gasteiger partial charge in [0.1, 0.15) is 6.54 Å². The van der Waals surface area contributed by atoms with Crippen LogP contribution >= 0.6 is 0 Å². The number of carbonyl (C=O) groups excluding carboxylic acids is 2. The van der Waals surface area contributed by atoms with E-state index >= 15 is 0 Å². The van der Waals surface area contributed by atoms with Gasteiger partial charge in [-0.2, -0.15) is 0 Å². The van der Waals surface area contributed by atoms with Crippen LogP contribution in [0.1, 0.15) is 6.92 Å². The summed E-state index contributed by atoms with van der Waals surface area (Å²) in [5, 5.41) is 14.3. The Morgan fingerprint density at radius 2 is 1.52 bits per heavy atom. The second kappa shape index (κ2) is 8.91. The number of hydrogen-bond donors (Lipinski definition) is 1. The number of nitro groups is 1. The molecule has 1 aromatic heterocycles. The van der Waals surface area contributed by atoms with Crippen molar-refractivity contribution in [1.82, 2.24) is 4.57 Å². The van der Waals surface area contributed by atoms with E-state index in [1.807, 2.05) is 0 Å². The summed E-state index contributed by atoms with van der Waals surface area (Å²) in [6.07, 6.45) is -1.11. The first-order valence-corrected chi connectivity index (χ1v) is 10.1. The van der Waals surface area contributed by atoms with Crippen LogP contribution in [0.25, 0.3) is 21.8 Å². The Hall–Kier alpha value is -4.53. The van der Waals surface area contributed by atoms with E-state index in [9.17, 15) is 24.5 Å². The number of nitrogens with zero attached hydrogens (tertiary/aromatic N) is 2. The monoisotopic (exact) mass is 445 g/mol. The van der Waals surface area contributed by atoms with E-state index in [4.69, 9.17) is 4.74 Å². The van der Waals surface area contributed by atoms with Gasteiger partial charge in [-0.1, -0.05) is 24.3 Å². The highest BCUT2D eigenvalue weighted by molar-refractivity contribution is 5.96. The molecule has 4 aromatic rings. The number of non-ortho nitro benzene ring substituents is 1. The quantitative estimate of drug-likeness (QED) is 0.209. The van der Waals surface area contributed by atoms with Crippen molar-refractivity contribution in [1.29, 1.82) is 0 Å². The Bertz CT molecular complexity index is 1380. The number of amides is 1. The molecule has 0 aliphatic rings. The third-order valence-electron chi connectivity index (χ3n) is 5.19. The number of aromatic nitrogens is 1. The molecule has 0 aliphatic heterocycles. The van der Waals surface area contributed by atoms with E-state index in [0.717, 1.165) is 0 Å². The van der Waals surface area contributed by atoms with Crippen molar-refractivity contribution in [3.63, 3.8) is 0 Å². The predicted molar refractivity (Wildman–Crippen MR) is 123 cm³/mol. The highest BCUT2D eigenvalue weighted by Crippen LogP contribution is 2.20. The van der Waals surface area contributed by atoms with E-state index in [0.29, 0.717) is 27.5 Å². The third kappa shape index (κ3) is 4.42. The first kappa shape index (κ1) is 21.7. The number of benzene rings is 3. The summed E-state index contributed by atoms with van der Waals surface area (Å²) in [6.45, 7) is 1.23. The summed E-state index contributed by atoms with van der Waals surface area (Å²) in [5.74, 6) is -1.23. The molecular formula is C24H19N3O6. The first-order valence-electron chi connectivity index (χ1n) is 10.1. The lowest BCUT2D eigenvalue weighted by Crippen LogP contribution is -2.31. The maximum atomic E-state index is 12.8. The number of carbonyl (C=O) groups is 2. The van der Waals surface area contributed by atoms with Crippen LogP contribution in [-0.4, -0.2) is 27.5 Å². The summed E-state index contributed by atoms with van der Waals surface area (Å²) >= 11 is 0. The molecule has 9 nitrogen and oxygen atoms in total. The van der Waals surface area contributed by atoms with Gasteiger partial charge in [0, 0.05) is 28.6 Å². The lowest BCUT2D eigenvalue weighted by molar-refractivity contribution is -0.384. The van der Waals surface area contributed by atoms with Gasteiger partial charge >= 0.3 is 5.97 Å². The number of nitro benzene ring substituents is 1. The lowest BCUT2D eigenvalue weighted by atomic mass is 10.1. The fraction of sp³-hybridized carbons (Fsp3) is 0.125. The Labute approximate surface area is 187 Å². The van der Waals surface area contributed by atoms with Gasteiger partial charge in [-0.05, 0) is 43.3 Å². The summed E-state index contributed by atoms with van der Waals surface area (Å²) in [6, 6.07) is 19.3. The molecule has 0 spiro atoms. The topological polar surface area (TPSA) is 121 Å². The van der Waals surface area contributed by atoms with E-state index in [1.165, 1.54) is 31.2 Å². The van der Waals surface area contributed by atoms with Crippen molar-refractivity contribution < 1.29 is 19.2 Å². The van der Waals surface area contributed by atoms with E-state index in [1.54, 1.807) is 53.1 Å². The maximum Gasteiger partial charge on any atom is 0.326 e. The number of esters is 1. The molecule has 3 aromatic carbocycles. The molecule has 0 radical (unpaired) electrons. The molecule has 4 rings (SSSR count). The minimum Gasteiger partial charge on any atom is -0.451 e. The molecule has 1 amide bonds. The summed E-state index contributed by atoms with van der Waals surface area (Å²) in [5.41, 5.74) is 1.28. The van der Waals surface area contributed by atoms with Gasteiger partial charge in [0.05, 0.1) is 16.0 Å². The molecule has 0 aliphatic carbocycles. The van der Waals surface area contributed by atoms with Crippen molar-refractivity contribution in [3.8, 4) is 0 Å². The number of fused-ring (bicyclic) bond motifs is 2. The number of pyridine rings is 1. The van der Waals surface area contributed by atoms with Crippen molar-refractivity contribution in [2.45, 2.75) is 19.6 Å². The van der Waals surface area contributed by atoms with Gasteiger partial charge in [0.25, 0.3) is 11.6 Å². The average Bonchev–Trinajstić information content (AvgIpc) is 2.82. The fourth-order valence-electron chi connectivity index (χ4n) is 3.57. The molecule has 1 N–H and O–H groups in total. The molecule has 1 heterocycles. The normalized spacial score (nSPS) is 11.8. The van der Waals surface area contributed by atoms with Gasteiger partial charge in [-0.25, -0.2) is 0 Å².